The van der Waals surface area contributed by atoms with Gasteiger partial charge in [0.2, 0.25) is 0 Å². The zero-order valence-electron chi connectivity index (χ0n) is 34.8. The monoisotopic (exact) mass is 835 g/mol. The number of rotatable bonds is 7. The van der Waals surface area contributed by atoms with Crippen LogP contribution in [0.2, 0.25) is 0 Å². The number of aromatic nitrogens is 5. The molecule has 0 saturated carbocycles. The van der Waals surface area contributed by atoms with Crippen molar-refractivity contribution in [2.24, 2.45) is 0 Å². The molecule has 0 aliphatic heterocycles. The second kappa shape index (κ2) is 15.2. The van der Waals surface area contributed by atoms with Crippen molar-refractivity contribution < 1.29 is 0 Å². The quantitative estimate of drug-likeness (QED) is 0.150. The van der Waals surface area contributed by atoms with Crippen molar-refractivity contribution >= 4 is 71.1 Å². The van der Waals surface area contributed by atoms with Crippen molar-refractivity contribution in [3.63, 3.8) is 0 Å². The molecule has 0 fully saturated rings. The molecule has 0 amide bonds. The predicted octanol–water partition coefficient (Wildman–Crippen LogP) is 14.9. The van der Waals surface area contributed by atoms with E-state index in [9.17, 15) is 0 Å². The number of hydrogen-bond donors (Lipinski definition) is 0. The number of nitrogens with zero attached hydrogens (tertiary/aromatic N) is 5. The highest BCUT2D eigenvalue weighted by molar-refractivity contribution is 7.20. The highest BCUT2D eigenvalue weighted by atomic mass is 32.1. The highest BCUT2D eigenvalue weighted by Crippen LogP contribution is 2.41. The van der Waals surface area contributed by atoms with E-state index in [-0.39, 0.29) is 0 Å². The molecule has 0 N–H and O–H groups in total. The van der Waals surface area contributed by atoms with Gasteiger partial charge < -0.3 is 9.13 Å². The van der Waals surface area contributed by atoms with E-state index in [0.29, 0.717) is 17.5 Å². The number of allylic oxidation sites excluding steroid dienone is 1. The fourth-order valence-electron chi connectivity index (χ4n) is 9.36. The van der Waals surface area contributed by atoms with Crippen molar-refractivity contribution in [1.29, 1.82) is 0 Å². The van der Waals surface area contributed by atoms with Gasteiger partial charge in [0, 0.05) is 64.6 Å². The van der Waals surface area contributed by atoms with Crippen LogP contribution in [0.5, 0.6) is 0 Å². The van der Waals surface area contributed by atoms with Gasteiger partial charge in [0.15, 0.2) is 17.5 Å². The number of hydrogen-bond acceptors (Lipinski definition) is 4. The highest BCUT2D eigenvalue weighted by Gasteiger charge is 2.21. The van der Waals surface area contributed by atoms with Gasteiger partial charge in [-0.3, -0.25) is 0 Å². The maximum atomic E-state index is 5.64. The van der Waals surface area contributed by atoms with Gasteiger partial charge in [0.1, 0.15) is 0 Å². The fourth-order valence-corrected chi connectivity index (χ4v) is 10.5. The summed E-state index contributed by atoms with van der Waals surface area (Å²) < 4.78 is 5.88. The third-order valence-corrected chi connectivity index (χ3v) is 13.4. The molecule has 4 heterocycles. The summed E-state index contributed by atoms with van der Waals surface area (Å²) in [6.07, 6.45) is 9.42. The minimum Gasteiger partial charge on any atom is -0.309 e. The number of aryl methyl sites for hydroxylation is 1. The van der Waals surface area contributed by atoms with E-state index in [1.807, 2.05) is 24.3 Å². The van der Waals surface area contributed by atoms with Crippen LogP contribution in [0.4, 0.5) is 0 Å². The maximum absolute atomic E-state index is 5.64. The molecule has 0 spiro atoms. The van der Waals surface area contributed by atoms with E-state index in [0.717, 1.165) is 65.9 Å². The Bertz CT molecular complexity index is 3810. The van der Waals surface area contributed by atoms with Crippen molar-refractivity contribution in [2.45, 2.75) is 6.92 Å². The molecule has 0 radical (unpaired) electrons. The molecule has 0 aliphatic rings. The Kier molecular flexibility index (Phi) is 8.89. The summed E-state index contributed by atoms with van der Waals surface area (Å²) >= 11 is 1.73. The van der Waals surface area contributed by atoms with Gasteiger partial charge in [-0.25, -0.2) is 15.0 Å². The second-order valence-corrected chi connectivity index (χ2v) is 17.2. The Hall–Kier alpha value is -8.37. The van der Waals surface area contributed by atoms with Crippen LogP contribution in [0.15, 0.2) is 194 Å². The van der Waals surface area contributed by atoms with E-state index in [1.165, 1.54) is 37.5 Å². The zero-order chi connectivity index (χ0) is 42.7. The number of benzene rings is 8. The lowest BCUT2D eigenvalue weighted by Gasteiger charge is -2.15. The second-order valence-electron chi connectivity index (χ2n) is 16.0. The first-order valence-corrected chi connectivity index (χ1v) is 22.1. The molecule has 4 aromatic heterocycles. The number of terminal acetylenes is 1. The molecule has 8 aromatic carbocycles. The molecule has 5 nitrogen and oxygen atoms in total. The first kappa shape index (κ1) is 37.4. The Labute approximate surface area is 373 Å². The van der Waals surface area contributed by atoms with E-state index >= 15 is 0 Å². The van der Waals surface area contributed by atoms with Gasteiger partial charge in [-0.15, -0.1) is 17.8 Å². The number of thiophene rings is 1. The van der Waals surface area contributed by atoms with Gasteiger partial charge in [-0.05, 0) is 96.4 Å². The summed E-state index contributed by atoms with van der Waals surface area (Å²) in [5.74, 6) is 4.47. The standard InChI is InChI=1S/C58H37N5S/c1-3-4-22-44-37(2)64-55-48(44)26-17-27-49(55)58-60-56(39-20-9-6-10-21-39)59-57(61-58)41-33-40(38-18-7-5-8-19-38)34-43(35-41)63-53-30-16-13-25-47(53)50-36-42(31-32-54(50)63)62-51-28-14-11-23-45(51)46-24-12-15-29-52(46)62/h1,4-36H,2H3/b22-4-. The lowest BCUT2D eigenvalue weighted by molar-refractivity contribution is 1.07. The lowest BCUT2D eigenvalue weighted by atomic mass is 10.0. The molecule has 0 atom stereocenters. The summed E-state index contributed by atoms with van der Waals surface area (Å²) in [5, 5.41) is 5.96. The smallest absolute Gasteiger partial charge is 0.165 e. The Balaban J connectivity index is 1.10. The molecule has 0 aliphatic carbocycles. The zero-order valence-corrected chi connectivity index (χ0v) is 35.6. The Morgan fingerprint density at radius 2 is 0.984 bits per heavy atom. The fraction of sp³-hybridized carbons (Fsp3) is 0.0172. The number of para-hydroxylation sites is 3. The molecule has 0 unspecified atom stereocenters. The van der Waals surface area contributed by atoms with Crippen LogP contribution in [0.25, 0.3) is 116 Å². The van der Waals surface area contributed by atoms with Crippen molar-refractivity contribution in [3.8, 4) is 69.0 Å². The van der Waals surface area contributed by atoms with Gasteiger partial charge in [-0.1, -0.05) is 133 Å². The molecule has 0 bridgehead atoms. The molecule has 6 heteroatoms. The third-order valence-electron chi connectivity index (χ3n) is 12.2. The van der Waals surface area contributed by atoms with Gasteiger partial charge in [0.25, 0.3) is 0 Å². The van der Waals surface area contributed by atoms with E-state index in [2.05, 4.69) is 192 Å². The van der Waals surface area contributed by atoms with E-state index in [1.54, 1.807) is 17.4 Å². The van der Waals surface area contributed by atoms with Crippen molar-refractivity contribution in [3.05, 3.63) is 205 Å². The van der Waals surface area contributed by atoms with Gasteiger partial charge in [0.05, 0.1) is 22.1 Å². The summed E-state index contributed by atoms with van der Waals surface area (Å²) in [5.41, 5.74) is 12.8. The van der Waals surface area contributed by atoms with Crippen LogP contribution in [-0.4, -0.2) is 24.1 Å². The summed E-state index contributed by atoms with van der Waals surface area (Å²) in [7, 11) is 0. The molecule has 300 valence electrons. The van der Waals surface area contributed by atoms with E-state index in [4.69, 9.17) is 21.4 Å². The lowest BCUT2D eigenvalue weighted by Crippen LogP contribution is -2.02. The Morgan fingerprint density at radius 1 is 0.453 bits per heavy atom. The van der Waals surface area contributed by atoms with Gasteiger partial charge in [-0.2, -0.15) is 0 Å². The minimum absolute atomic E-state index is 0.593. The third kappa shape index (κ3) is 6.13. The molecule has 12 rings (SSSR count). The molecular formula is C58H37N5S. The largest absolute Gasteiger partial charge is 0.309 e. The first-order chi connectivity index (χ1) is 31.6. The molecular weight excluding hydrogens is 799 g/mol. The van der Waals surface area contributed by atoms with Crippen LogP contribution < -0.4 is 0 Å². The average molecular weight is 836 g/mol. The molecule has 0 saturated heterocycles. The van der Waals surface area contributed by atoms with Crippen LogP contribution in [0, 0.1) is 19.3 Å². The summed E-state index contributed by atoms with van der Waals surface area (Å²) in [4.78, 5) is 17.0. The predicted molar refractivity (Wildman–Crippen MR) is 268 cm³/mol. The SMILES string of the molecule is C#C/C=C\c1c(C)sc2c(-c3nc(-c4ccccc4)nc(-c4cc(-c5ccccc5)cc(-n5c6ccccc6c6cc(-n7c8ccccc8c8ccccc87)ccc65)c4)n3)cccc12. The first-order valence-electron chi connectivity index (χ1n) is 21.3. The number of fused-ring (bicyclic) bond motifs is 7. The molecule has 12 aromatic rings. The Morgan fingerprint density at radius 3 is 1.66 bits per heavy atom. The van der Waals surface area contributed by atoms with Crippen molar-refractivity contribution in [2.75, 3.05) is 0 Å². The van der Waals surface area contributed by atoms with Crippen LogP contribution in [-0.2, 0) is 0 Å². The van der Waals surface area contributed by atoms with Crippen LogP contribution in [0.1, 0.15) is 10.4 Å². The molecule has 64 heavy (non-hydrogen) atoms. The van der Waals surface area contributed by atoms with Crippen LogP contribution in [0.3, 0.4) is 0 Å². The minimum atomic E-state index is 0.593. The van der Waals surface area contributed by atoms with Gasteiger partial charge >= 0.3 is 0 Å². The van der Waals surface area contributed by atoms with Crippen molar-refractivity contribution in [1.82, 2.24) is 24.1 Å². The average Bonchev–Trinajstić information content (AvgIpc) is 3.99. The topological polar surface area (TPSA) is 48.5 Å². The maximum Gasteiger partial charge on any atom is 0.165 e. The normalized spacial score (nSPS) is 11.8. The van der Waals surface area contributed by atoms with Crippen LogP contribution >= 0.6 is 11.3 Å². The summed E-state index contributed by atoms with van der Waals surface area (Å²) in [6.45, 7) is 2.13. The van der Waals surface area contributed by atoms with E-state index < -0.39 is 0 Å². The summed E-state index contributed by atoms with van der Waals surface area (Å²) in [6, 6.07) is 66.7.